The molecule has 144 valence electrons. The number of aryl methyl sites for hydroxylation is 2. The lowest BCUT2D eigenvalue weighted by Gasteiger charge is -2.20. The summed E-state index contributed by atoms with van der Waals surface area (Å²) in [5.41, 5.74) is 3.86. The molecular weight excluding hydrogens is 336 g/mol. The van der Waals surface area contributed by atoms with Crippen molar-refractivity contribution in [2.24, 2.45) is 0 Å². The van der Waals surface area contributed by atoms with Gasteiger partial charge in [0.2, 0.25) is 0 Å². The number of hydrogen-bond acceptors (Lipinski definition) is 4. The van der Waals surface area contributed by atoms with Crippen molar-refractivity contribution < 1.29 is 4.79 Å². The van der Waals surface area contributed by atoms with Gasteiger partial charge in [-0.2, -0.15) is 0 Å². The molecule has 1 aromatic heterocycles. The Morgan fingerprint density at radius 2 is 1.74 bits per heavy atom. The Balaban J connectivity index is 1.53. The highest BCUT2D eigenvalue weighted by Gasteiger charge is 2.11. The topological polar surface area (TPSA) is 58.1 Å². The third kappa shape index (κ3) is 6.14. The fraction of sp³-hybridized carbons (Fsp3) is 0.500. The van der Waals surface area contributed by atoms with E-state index in [-0.39, 0.29) is 5.91 Å². The summed E-state index contributed by atoms with van der Waals surface area (Å²) < 4.78 is 0. The number of hydrogen-bond donors (Lipinski definition) is 1. The van der Waals surface area contributed by atoms with E-state index in [4.69, 9.17) is 0 Å². The van der Waals surface area contributed by atoms with E-state index in [1.807, 2.05) is 38.1 Å². The maximum Gasteiger partial charge on any atom is 0.251 e. The number of amides is 1. The van der Waals surface area contributed by atoms with Gasteiger partial charge in [-0.1, -0.05) is 25.0 Å². The lowest BCUT2D eigenvalue weighted by Crippen LogP contribution is -2.27. The number of likely N-dealkylation sites (tertiary alicyclic amines) is 1. The van der Waals surface area contributed by atoms with E-state index in [0.29, 0.717) is 13.0 Å². The predicted molar refractivity (Wildman–Crippen MR) is 108 cm³/mol. The van der Waals surface area contributed by atoms with Crippen molar-refractivity contribution in [3.63, 3.8) is 0 Å². The van der Waals surface area contributed by atoms with E-state index >= 15 is 0 Å². The average Bonchev–Trinajstić information content (AvgIpc) is 2.90. The van der Waals surface area contributed by atoms with Crippen molar-refractivity contribution >= 4 is 5.91 Å². The van der Waals surface area contributed by atoms with Gasteiger partial charge in [0.05, 0.1) is 0 Å². The third-order valence-electron chi connectivity index (χ3n) is 4.96. The van der Waals surface area contributed by atoms with Crippen LogP contribution < -0.4 is 5.32 Å². The molecule has 27 heavy (non-hydrogen) atoms. The second-order valence-electron chi connectivity index (χ2n) is 7.46. The molecule has 0 atom stereocenters. The molecule has 1 aliphatic heterocycles. The third-order valence-corrected chi connectivity index (χ3v) is 4.96. The molecule has 0 unspecified atom stereocenters. The molecule has 1 N–H and O–H groups in total. The van der Waals surface area contributed by atoms with Crippen molar-refractivity contribution in [3.8, 4) is 0 Å². The second-order valence-corrected chi connectivity index (χ2v) is 7.46. The van der Waals surface area contributed by atoms with Gasteiger partial charge < -0.3 is 5.32 Å². The minimum absolute atomic E-state index is 0.0305. The van der Waals surface area contributed by atoms with Gasteiger partial charge >= 0.3 is 0 Å². The van der Waals surface area contributed by atoms with Crippen LogP contribution in [0.2, 0.25) is 0 Å². The summed E-state index contributed by atoms with van der Waals surface area (Å²) in [6.45, 7) is 7.72. The molecule has 1 amide bonds. The highest BCUT2D eigenvalue weighted by Crippen LogP contribution is 2.14. The first kappa shape index (κ1) is 19.5. The second kappa shape index (κ2) is 9.60. The number of nitrogens with one attached hydrogen (secondary N) is 1. The van der Waals surface area contributed by atoms with Crippen molar-refractivity contribution in [1.82, 2.24) is 20.2 Å². The Hall–Kier alpha value is -2.27. The monoisotopic (exact) mass is 366 g/mol. The summed E-state index contributed by atoms with van der Waals surface area (Å²) >= 11 is 0. The summed E-state index contributed by atoms with van der Waals surface area (Å²) in [5, 5.41) is 2.99. The van der Waals surface area contributed by atoms with Crippen LogP contribution in [0.3, 0.4) is 0 Å². The van der Waals surface area contributed by atoms with E-state index in [0.717, 1.165) is 42.4 Å². The molecule has 2 aromatic rings. The number of benzene rings is 1. The van der Waals surface area contributed by atoms with Crippen molar-refractivity contribution in [3.05, 3.63) is 58.7 Å². The first-order valence-corrected chi connectivity index (χ1v) is 10.0. The molecule has 2 heterocycles. The van der Waals surface area contributed by atoms with Gasteiger partial charge in [0.15, 0.2) is 0 Å². The molecule has 5 nitrogen and oxygen atoms in total. The molecule has 3 rings (SSSR count). The van der Waals surface area contributed by atoms with Crippen LogP contribution in [0.4, 0.5) is 0 Å². The molecular formula is C22H30N4O. The van der Waals surface area contributed by atoms with Crippen LogP contribution in [-0.4, -0.2) is 40.4 Å². The fourth-order valence-corrected chi connectivity index (χ4v) is 3.66. The lowest BCUT2D eigenvalue weighted by atomic mass is 10.1. The zero-order chi connectivity index (χ0) is 19.1. The summed E-state index contributed by atoms with van der Waals surface area (Å²) in [6, 6.07) is 9.96. The minimum Gasteiger partial charge on any atom is -0.352 e. The summed E-state index contributed by atoms with van der Waals surface area (Å²) in [6.07, 6.45) is 5.87. The largest absolute Gasteiger partial charge is 0.352 e. The first-order valence-electron chi connectivity index (χ1n) is 10.0. The van der Waals surface area contributed by atoms with Gasteiger partial charge in [-0.3, -0.25) is 9.69 Å². The Morgan fingerprint density at radius 3 is 2.44 bits per heavy atom. The number of carbonyl (C=O) groups is 1. The summed E-state index contributed by atoms with van der Waals surface area (Å²) in [5.74, 6) is 0.750. The van der Waals surface area contributed by atoms with Crippen LogP contribution in [0.1, 0.15) is 58.8 Å². The van der Waals surface area contributed by atoms with Gasteiger partial charge in [0, 0.05) is 36.5 Å². The maximum atomic E-state index is 12.5. The highest BCUT2D eigenvalue weighted by atomic mass is 16.1. The number of nitrogens with zero attached hydrogens (tertiary/aromatic N) is 3. The number of rotatable bonds is 6. The van der Waals surface area contributed by atoms with Gasteiger partial charge in [0.1, 0.15) is 5.82 Å². The van der Waals surface area contributed by atoms with E-state index in [9.17, 15) is 4.79 Å². The first-order chi connectivity index (χ1) is 13.1. The molecule has 5 heteroatoms. The Kier molecular flexibility index (Phi) is 6.93. The Bertz CT molecular complexity index is 746. The minimum atomic E-state index is -0.0305. The van der Waals surface area contributed by atoms with E-state index in [2.05, 4.69) is 26.3 Å². The molecule has 1 fully saturated rings. The van der Waals surface area contributed by atoms with Crippen molar-refractivity contribution in [2.75, 3.05) is 19.6 Å². The zero-order valence-corrected chi connectivity index (χ0v) is 16.5. The van der Waals surface area contributed by atoms with Gasteiger partial charge in [-0.25, -0.2) is 9.97 Å². The lowest BCUT2D eigenvalue weighted by molar-refractivity contribution is 0.0954. The highest BCUT2D eigenvalue weighted by molar-refractivity contribution is 5.94. The molecule has 0 spiro atoms. The van der Waals surface area contributed by atoms with Gasteiger partial charge in [0.25, 0.3) is 5.91 Å². The molecule has 0 bridgehead atoms. The standard InChI is InChI=1S/C22H30N4O/c1-17-14-18(2)25-21(24-17)10-11-23-22(27)20-9-7-8-19(15-20)16-26-12-5-3-4-6-13-26/h7-9,14-15H,3-6,10-13,16H2,1-2H3,(H,23,27). The van der Waals surface area contributed by atoms with Crippen LogP contribution in [0.5, 0.6) is 0 Å². The van der Waals surface area contributed by atoms with Crippen LogP contribution in [0, 0.1) is 13.8 Å². The molecule has 1 aromatic carbocycles. The van der Waals surface area contributed by atoms with Gasteiger partial charge in [-0.15, -0.1) is 0 Å². The smallest absolute Gasteiger partial charge is 0.251 e. The van der Waals surface area contributed by atoms with E-state index < -0.39 is 0 Å². The maximum absolute atomic E-state index is 12.5. The molecule has 1 saturated heterocycles. The zero-order valence-electron chi connectivity index (χ0n) is 16.5. The Labute approximate surface area is 162 Å². The molecule has 1 aliphatic rings. The fourth-order valence-electron chi connectivity index (χ4n) is 3.66. The van der Waals surface area contributed by atoms with Gasteiger partial charge in [-0.05, 0) is 63.5 Å². The van der Waals surface area contributed by atoms with E-state index in [1.165, 1.54) is 31.2 Å². The van der Waals surface area contributed by atoms with Crippen LogP contribution in [0.25, 0.3) is 0 Å². The SMILES string of the molecule is Cc1cc(C)nc(CCNC(=O)c2cccc(CN3CCCCCC3)c2)n1. The number of aromatic nitrogens is 2. The molecule has 0 saturated carbocycles. The summed E-state index contributed by atoms with van der Waals surface area (Å²) in [7, 11) is 0. The molecule has 0 aliphatic carbocycles. The Morgan fingerprint density at radius 1 is 1.04 bits per heavy atom. The van der Waals surface area contributed by atoms with Crippen molar-refractivity contribution in [1.29, 1.82) is 0 Å². The van der Waals surface area contributed by atoms with Crippen molar-refractivity contribution in [2.45, 2.75) is 52.5 Å². The number of carbonyl (C=O) groups excluding carboxylic acids is 1. The summed E-state index contributed by atoms with van der Waals surface area (Å²) in [4.78, 5) is 23.8. The van der Waals surface area contributed by atoms with E-state index in [1.54, 1.807) is 0 Å². The van der Waals surface area contributed by atoms with Crippen LogP contribution in [0.15, 0.2) is 30.3 Å². The average molecular weight is 367 g/mol. The van der Waals surface area contributed by atoms with Crippen LogP contribution >= 0.6 is 0 Å². The quantitative estimate of drug-likeness (QED) is 0.851. The molecule has 0 radical (unpaired) electrons. The van der Waals surface area contributed by atoms with Crippen LogP contribution in [-0.2, 0) is 13.0 Å². The predicted octanol–water partition coefficient (Wildman–Crippen LogP) is 3.44. The normalized spacial score (nSPS) is 15.3.